The molecule has 3 fully saturated rings. The molecule has 17 heteroatoms. The molecule has 1 aromatic carbocycles. The Morgan fingerprint density at radius 1 is 0.833 bits per heavy atom. The van der Waals surface area contributed by atoms with Crippen LogP contribution in [-0.4, -0.2) is 154 Å². The SMILES string of the molecule is CC[C@H]1OC(=O)[C@H](C)[C@@H](O[C@H]2C[C@@](C)(O[Si](C)(C)C)[C@@H](O)[C@H](C)O2)[C@H](C)[C@@H](O[C@H]2O[C@H](C)C[C@H](N(C)C)[C@H]2O[Si](C)(C)C)[C@](C)(OC)C[C@H](C)/C(=N\Oc2ccccc2)[C@H](C)[C@@H](O)[C@]1(C)O. The first-order valence-corrected chi connectivity index (χ1v) is 31.0. The molecule has 0 bridgehead atoms. The lowest BCUT2D eigenvalue weighted by Crippen LogP contribution is -2.63. The third kappa shape index (κ3) is 13.9. The average Bonchev–Trinajstić information content (AvgIpc) is 3.21. The van der Waals surface area contributed by atoms with Crippen LogP contribution in [0.5, 0.6) is 5.75 Å². The average molecular weight is 969 g/mol. The predicted octanol–water partition coefficient (Wildman–Crippen LogP) is 7.37. The van der Waals surface area contributed by atoms with Gasteiger partial charge in [-0.1, -0.05) is 51.0 Å². The second kappa shape index (κ2) is 22.5. The number of benzene rings is 1. The van der Waals surface area contributed by atoms with E-state index >= 15 is 0 Å². The van der Waals surface area contributed by atoms with Gasteiger partial charge >= 0.3 is 5.97 Å². The molecule has 0 radical (unpaired) electrons. The third-order valence-electron chi connectivity index (χ3n) is 13.8. The highest BCUT2D eigenvalue weighted by molar-refractivity contribution is 6.70. The van der Waals surface area contributed by atoms with Crippen molar-refractivity contribution in [3.05, 3.63) is 30.3 Å². The van der Waals surface area contributed by atoms with Crippen molar-refractivity contribution in [2.45, 2.75) is 218 Å². The summed E-state index contributed by atoms with van der Waals surface area (Å²) in [5.74, 6) is -3.02. The molecule has 0 aliphatic carbocycles. The molecule has 0 aromatic heterocycles. The van der Waals surface area contributed by atoms with Crippen molar-refractivity contribution in [2.75, 3.05) is 21.2 Å². The van der Waals surface area contributed by atoms with E-state index in [1.54, 1.807) is 46.9 Å². The van der Waals surface area contributed by atoms with Crippen LogP contribution in [0.15, 0.2) is 35.5 Å². The standard InChI is InChI=1S/C49H88N2O13Si2/c1-20-37-49(10,55)42(52)31(4)39(50-62-35-24-22-21-23-25-35)29(2)27-48(9,56-13)44(61-46-41(63-65(14,15)16)36(51(11)12)26-30(3)57-46)32(5)40(33(6)45(54)59-37)60-38-28-47(8,64-66(17,18)19)43(53)34(7)58-38/h21-25,29-34,36-38,40-44,46,52-53,55H,20,26-28H2,1-19H3/b50-39+/t29-,30+,31-,32-,33+,34-,36-,37+,38-,40-,41+,42+,43-,44+,46+,47+,48+,49+/m0/s1. The highest BCUT2D eigenvalue weighted by Crippen LogP contribution is 2.43. The topological polar surface area (TPSA) is 176 Å². The summed E-state index contributed by atoms with van der Waals surface area (Å²) in [5, 5.41) is 40.6. The molecule has 3 aliphatic rings. The maximum atomic E-state index is 14.8. The predicted molar refractivity (Wildman–Crippen MR) is 260 cm³/mol. The van der Waals surface area contributed by atoms with Gasteiger partial charge in [0.2, 0.25) is 0 Å². The summed E-state index contributed by atoms with van der Waals surface area (Å²) < 4.78 is 54.3. The van der Waals surface area contributed by atoms with Crippen molar-refractivity contribution in [1.29, 1.82) is 0 Å². The number of rotatable bonds is 13. The van der Waals surface area contributed by atoms with Gasteiger partial charge in [-0.3, -0.25) is 4.79 Å². The number of ether oxygens (including phenoxy) is 6. The van der Waals surface area contributed by atoms with E-state index in [4.69, 9.17) is 47.3 Å². The van der Waals surface area contributed by atoms with Crippen molar-refractivity contribution < 1.29 is 62.2 Å². The number of aliphatic hydroxyl groups excluding tert-OH is 2. The zero-order chi connectivity index (χ0) is 49.9. The summed E-state index contributed by atoms with van der Waals surface area (Å²) in [5.41, 5.74) is -3.65. The fourth-order valence-corrected chi connectivity index (χ4v) is 13.2. The van der Waals surface area contributed by atoms with Gasteiger partial charge in [0.15, 0.2) is 35.0 Å². The number of oxime groups is 1. The summed E-state index contributed by atoms with van der Waals surface area (Å²) in [6, 6.07) is 9.09. The number of esters is 1. The van der Waals surface area contributed by atoms with Gasteiger partial charge in [-0.2, -0.15) is 0 Å². The molecule has 0 unspecified atom stereocenters. The number of nitrogens with zero attached hydrogens (tertiary/aromatic N) is 2. The maximum Gasteiger partial charge on any atom is 0.311 e. The number of carbonyl (C=O) groups is 1. The molecule has 3 aliphatic heterocycles. The van der Waals surface area contributed by atoms with Crippen LogP contribution in [0.4, 0.5) is 0 Å². The molecule has 18 atom stereocenters. The Bertz CT molecular complexity index is 1730. The van der Waals surface area contributed by atoms with Gasteiger partial charge in [0.1, 0.15) is 23.9 Å². The van der Waals surface area contributed by atoms with Gasteiger partial charge in [0, 0.05) is 37.3 Å². The Morgan fingerprint density at radius 3 is 2.00 bits per heavy atom. The Hall–Kier alpha value is -1.85. The molecule has 4 rings (SSSR count). The summed E-state index contributed by atoms with van der Waals surface area (Å²) in [7, 11) is 1.31. The Labute approximate surface area is 398 Å². The minimum atomic E-state index is -2.20. The minimum absolute atomic E-state index is 0.0458. The molecule has 3 heterocycles. The van der Waals surface area contributed by atoms with Gasteiger partial charge in [0.25, 0.3) is 0 Å². The Kier molecular flexibility index (Phi) is 19.3. The molecular formula is C49H88N2O13Si2. The van der Waals surface area contributed by atoms with Gasteiger partial charge in [0.05, 0.1) is 53.4 Å². The quantitative estimate of drug-likeness (QED) is 0.102. The zero-order valence-electron chi connectivity index (χ0n) is 43.7. The first-order valence-electron chi connectivity index (χ1n) is 24.2. The number of aliphatic hydroxyl groups is 3. The molecule has 1 aromatic rings. The van der Waals surface area contributed by atoms with Crippen LogP contribution in [0.2, 0.25) is 39.3 Å². The van der Waals surface area contributed by atoms with Gasteiger partial charge < -0.3 is 62.3 Å². The first kappa shape index (κ1) is 56.7. The number of methoxy groups -OCH3 is 1. The maximum absolute atomic E-state index is 14.8. The van der Waals surface area contributed by atoms with Crippen molar-refractivity contribution >= 4 is 28.3 Å². The molecular weight excluding hydrogens is 881 g/mol. The Morgan fingerprint density at radius 2 is 1.45 bits per heavy atom. The summed E-state index contributed by atoms with van der Waals surface area (Å²) >= 11 is 0. The highest BCUT2D eigenvalue weighted by atomic mass is 28.4. The number of carbonyl (C=O) groups excluding carboxylic acids is 1. The van der Waals surface area contributed by atoms with E-state index in [2.05, 4.69) is 44.2 Å². The van der Waals surface area contributed by atoms with Crippen LogP contribution in [0.25, 0.3) is 0 Å². The van der Waals surface area contributed by atoms with Crippen LogP contribution in [0.3, 0.4) is 0 Å². The summed E-state index contributed by atoms with van der Waals surface area (Å²) in [6.07, 6.45) is -7.10. The van der Waals surface area contributed by atoms with Crippen LogP contribution in [-0.2, 0) is 42.1 Å². The van der Waals surface area contributed by atoms with Gasteiger partial charge in [-0.15, -0.1) is 0 Å². The lowest BCUT2D eigenvalue weighted by molar-refractivity contribution is -0.315. The van der Waals surface area contributed by atoms with Crippen molar-refractivity contribution in [2.24, 2.45) is 28.8 Å². The fourth-order valence-electron chi connectivity index (χ4n) is 10.5. The largest absolute Gasteiger partial charge is 0.459 e. The molecule has 0 saturated carbocycles. The fraction of sp³-hybridized carbons (Fsp3) is 0.837. The number of para-hydroxylation sites is 1. The number of cyclic esters (lactones) is 1. The number of hydrogen-bond donors (Lipinski definition) is 3. The number of hydrogen-bond acceptors (Lipinski definition) is 15. The van der Waals surface area contributed by atoms with E-state index < -0.39 is 118 Å². The summed E-state index contributed by atoms with van der Waals surface area (Å²) in [6.45, 7) is 31.1. The van der Waals surface area contributed by atoms with Crippen molar-refractivity contribution in [3.63, 3.8) is 0 Å². The normalized spacial score (nSPS) is 42.2. The zero-order valence-corrected chi connectivity index (χ0v) is 45.7. The van der Waals surface area contributed by atoms with Crippen LogP contribution in [0.1, 0.15) is 94.9 Å². The molecule has 0 amide bonds. The molecule has 66 heavy (non-hydrogen) atoms. The van der Waals surface area contributed by atoms with Crippen molar-refractivity contribution in [3.8, 4) is 5.75 Å². The van der Waals surface area contributed by atoms with Gasteiger partial charge in [-0.25, -0.2) is 0 Å². The molecule has 0 spiro atoms. The second-order valence-electron chi connectivity index (χ2n) is 22.4. The van der Waals surface area contributed by atoms with Crippen LogP contribution >= 0.6 is 0 Å². The number of likely N-dealkylation sites (N-methyl/N-ethyl adjacent to an activating group) is 1. The smallest absolute Gasteiger partial charge is 0.311 e. The third-order valence-corrected chi connectivity index (χ3v) is 15.9. The first-order chi connectivity index (χ1) is 30.4. The van der Waals surface area contributed by atoms with Gasteiger partial charge in [-0.05, 0) is 126 Å². The molecule has 15 nitrogen and oxygen atoms in total. The second-order valence-corrected chi connectivity index (χ2v) is 31.3. The molecule has 3 N–H and O–H groups in total. The lowest BCUT2D eigenvalue weighted by atomic mass is 9.73. The van der Waals surface area contributed by atoms with E-state index in [1.807, 2.05) is 66.9 Å². The van der Waals surface area contributed by atoms with E-state index in [0.717, 1.165) is 6.42 Å². The molecule has 3 saturated heterocycles. The monoisotopic (exact) mass is 969 g/mol. The van der Waals surface area contributed by atoms with E-state index in [9.17, 15) is 20.1 Å². The van der Waals surface area contributed by atoms with E-state index in [0.29, 0.717) is 11.5 Å². The summed E-state index contributed by atoms with van der Waals surface area (Å²) in [4.78, 5) is 23.0. The highest BCUT2D eigenvalue weighted by Gasteiger charge is 2.55. The lowest BCUT2D eigenvalue weighted by Gasteiger charge is -2.51. The Balaban J connectivity index is 1.98. The van der Waals surface area contributed by atoms with Crippen molar-refractivity contribution in [1.82, 2.24) is 4.90 Å². The van der Waals surface area contributed by atoms with Crippen LogP contribution < -0.4 is 4.84 Å². The van der Waals surface area contributed by atoms with Crippen LogP contribution in [0, 0.1) is 23.7 Å². The molecule has 380 valence electrons. The van der Waals surface area contributed by atoms with E-state index in [1.165, 1.54) is 6.92 Å². The minimum Gasteiger partial charge on any atom is -0.459 e. The van der Waals surface area contributed by atoms with E-state index in [-0.39, 0.29) is 31.4 Å².